The minimum atomic E-state index is -3.77. The number of Topliss-reactive ketones (excluding diaryl/α,β-unsaturated/α-hetero) is 1. The lowest BCUT2D eigenvalue weighted by atomic mass is 10.3. The molecule has 0 unspecified atom stereocenters. The molecule has 0 bridgehead atoms. The molecule has 6 heteroatoms. The summed E-state index contributed by atoms with van der Waals surface area (Å²) >= 11 is 3.31. The van der Waals surface area contributed by atoms with E-state index in [2.05, 4.69) is 15.9 Å². The Kier molecular flexibility index (Phi) is 4.80. The lowest BCUT2D eigenvalue weighted by molar-refractivity contribution is -0.115. The van der Waals surface area contributed by atoms with Gasteiger partial charge in [0.1, 0.15) is 5.78 Å². The minimum Gasteiger partial charge on any atom is -0.298 e. The Bertz CT molecular complexity index is 745. The zero-order valence-corrected chi connectivity index (χ0v) is 13.8. The number of ketones is 1. The zero-order valence-electron chi connectivity index (χ0n) is 11.4. The topological polar surface area (TPSA) is 54.5 Å². The number of hydrogen-bond donors (Lipinski definition) is 0. The van der Waals surface area contributed by atoms with E-state index >= 15 is 0 Å². The Balaban J connectivity index is 2.53. The van der Waals surface area contributed by atoms with Gasteiger partial charge < -0.3 is 0 Å². The normalized spacial score (nSPS) is 11.1. The highest BCUT2D eigenvalue weighted by molar-refractivity contribution is 9.10. The molecule has 0 aliphatic rings. The van der Waals surface area contributed by atoms with Crippen LogP contribution in [0.15, 0.2) is 64.0 Å². The molecule has 2 rings (SSSR count). The average Bonchev–Trinajstić information content (AvgIpc) is 2.45. The highest BCUT2D eigenvalue weighted by Gasteiger charge is 2.25. The van der Waals surface area contributed by atoms with Gasteiger partial charge in [-0.1, -0.05) is 40.2 Å². The standard InChI is InChI=1S/C15H14BrNO3S/c1-12(18)11-17(14-7-5-6-13(16)10-14)21(19,20)15-8-3-2-4-9-15/h2-10H,11H2,1H3. The molecule has 0 saturated carbocycles. The summed E-state index contributed by atoms with van der Waals surface area (Å²) in [7, 11) is -3.77. The number of hydrogen-bond acceptors (Lipinski definition) is 3. The lowest BCUT2D eigenvalue weighted by Gasteiger charge is -2.23. The Hall–Kier alpha value is -1.66. The summed E-state index contributed by atoms with van der Waals surface area (Å²) < 4.78 is 27.3. The Morgan fingerprint density at radius 2 is 1.76 bits per heavy atom. The maximum absolute atomic E-state index is 12.7. The van der Waals surface area contributed by atoms with Crippen molar-refractivity contribution in [3.63, 3.8) is 0 Å². The van der Waals surface area contributed by atoms with Crippen LogP contribution in [-0.4, -0.2) is 20.7 Å². The highest BCUT2D eigenvalue weighted by Crippen LogP contribution is 2.26. The largest absolute Gasteiger partial charge is 0.298 e. The molecular weight excluding hydrogens is 354 g/mol. The molecule has 2 aromatic rings. The third kappa shape index (κ3) is 3.71. The van der Waals surface area contributed by atoms with Crippen LogP contribution in [0, 0.1) is 0 Å². The fourth-order valence-corrected chi connectivity index (χ4v) is 3.75. The molecule has 110 valence electrons. The molecule has 4 nitrogen and oxygen atoms in total. The molecule has 0 spiro atoms. The van der Waals surface area contributed by atoms with Crippen molar-refractivity contribution >= 4 is 37.4 Å². The summed E-state index contributed by atoms with van der Waals surface area (Å²) in [5.74, 6) is -0.227. The predicted molar refractivity (Wildman–Crippen MR) is 85.8 cm³/mol. The van der Waals surface area contributed by atoms with Crippen molar-refractivity contribution in [3.05, 3.63) is 59.1 Å². The minimum absolute atomic E-state index is 0.159. The monoisotopic (exact) mass is 367 g/mol. The first-order chi connectivity index (χ1) is 9.91. The second kappa shape index (κ2) is 6.41. The molecule has 0 fully saturated rings. The SMILES string of the molecule is CC(=O)CN(c1cccc(Br)c1)S(=O)(=O)c1ccccc1. The van der Waals surface area contributed by atoms with E-state index < -0.39 is 10.0 Å². The fourth-order valence-electron chi connectivity index (χ4n) is 1.87. The number of carbonyl (C=O) groups excluding carboxylic acids is 1. The summed E-state index contributed by atoms with van der Waals surface area (Å²) in [6, 6.07) is 14.9. The quantitative estimate of drug-likeness (QED) is 0.814. The van der Waals surface area contributed by atoms with Crippen molar-refractivity contribution in [3.8, 4) is 0 Å². The van der Waals surface area contributed by atoms with E-state index in [0.717, 1.165) is 8.78 Å². The van der Waals surface area contributed by atoms with Gasteiger partial charge in [-0.05, 0) is 37.3 Å². The average molecular weight is 368 g/mol. The van der Waals surface area contributed by atoms with Crippen LogP contribution in [0.4, 0.5) is 5.69 Å². The summed E-state index contributed by atoms with van der Waals surface area (Å²) in [5, 5.41) is 0. The summed E-state index contributed by atoms with van der Waals surface area (Å²) in [5.41, 5.74) is 0.448. The molecular formula is C15H14BrNO3S. The Labute approximate surface area is 132 Å². The van der Waals surface area contributed by atoms with Gasteiger partial charge in [0.05, 0.1) is 17.1 Å². The smallest absolute Gasteiger partial charge is 0.264 e. The van der Waals surface area contributed by atoms with Gasteiger partial charge in [-0.2, -0.15) is 0 Å². The van der Waals surface area contributed by atoms with Crippen molar-refractivity contribution < 1.29 is 13.2 Å². The molecule has 0 aliphatic carbocycles. The fraction of sp³-hybridized carbons (Fsp3) is 0.133. The summed E-state index contributed by atoms with van der Waals surface area (Å²) in [6.07, 6.45) is 0. The molecule has 0 aliphatic heterocycles. The molecule has 0 saturated heterocycles. The first kappa shape index (κ1) is 15.7. The number of benzene rings is 2. The van der Waals surface area contributed by atoms with Gasteiger partial charge in [0.2, 0.25) is 0 Å². The van der Waals surface area contributed by atoms with Crippen molar-refractivity contribution in [2.75, 3.05) is 10.8 Å². The third-order valence-corrected chi connectivity index (χ3v) is 5.07. The van der Waals surface area contributed by atoms with Crippen LogP contribution in [-0.2, 0) is 14.8 Å². The summed E-state index contributed by atoms with van der Waals surface area (Å²) in [6.45, 7) is 1.17. The van der Waals surface area contributed by atoms with E-state index in [0.29, 0.717) is 5.69 Å². The van der Waals surface area contributed by atoms with Crippen molar-refractivity contribution in [1.82, 2.24) is 0 Å². The number of halogens is 1. The zero-order chi connectivity index (χ0) is 15.5. The van der Waals surface area contributed by atoms with Crippen LogP contribution in [0.1, 0.15) is 6.92 Å². The van der Waals surface area contributed by atoms with Gasteiger partial charge in [0.15, 0.2) is 0 Å². The van der Waals surface area contributed by atoms with Crippen LogP contribution >= 0.6 is 15.9 Å². The highest BCUT2D eigenvalue weighted by atomic mass is 79.9. The van der Waals surface area contributed by atoms with Crippen molar-refractivity contribution in [2.24, 2.45) is 0 Å². The lowest BCUT2D eigenvalue weighted by Crippen LogP contribution is -2.35. The van der Waals surface area contributed by atoms with Crippen LogP contribution < -0.4 is 4.31 Å². The third-order valence-electron chi connectivity index (χ3n) is 2.79. The van der Waals surface area contributed by atoms with Crippen molar-refractivity contribution in [2.45, 2.75) is 11.8 Å². The number of rotatable bonds is 5. The van der Waals surface area contributed by atoms with E-state index in [1.807, 2.05) is 0 Å². The number of nitrogens with zero attached hydrogens (tertiary/aromatic N) is 1. The van der Waals surface area contributed by atoms with Gasteiger partial charge in [-0.25, -0.2) is 8.42 Å². The second-order valence-electron chi connectivity index (χ2n) is 4.51. The van der Waals surface area contributed by atoms with Gasteiger partial charge >= 0.3 is 0 Å². The molecule has 21 heavy (non-hydrogen) atoms. The number of carbonyl (C=O) groups is 1. The van der Waals surface area contributed by atoms with Crippen molar-refractivity contribution in [1.29, 1.82) is 0 Å². The molecule has 0 amide bonds. The molecule has 2 aromatic carbocycles. The van der Waals surface area contributed by atoms with Gasteiger partial charge in [-0.3, -0.25) is 9.10 Å². The van der Waals surface area contributed by atoms with E-state index in [1.165, 1.54) is 19.1 Å². The van der Waals surface area contributed by atoms with Crippen LogP contribution in [0.3, 0.4) is 0 Å². The Morgan fingerprint density at radius 3 is 2.33 bits per heavy atom. The number of anilines is 1. The maximum atomic E-state index is 12.7. The molecule has 0 N–H and O–H groups in total. The van der Waals surface area contributed by atoms with Gasteiger partial charge in [0, 0.05) is 4.47 Å². The predicted octanol–water partition coefficient (Wildman–Crippen LogP) is 3.23. The van der Waals surface area contributed by atoms with Crippen LogP contribution in [0.5, 0.6) is 0 Å². The van der Waals surface area contributed by atoms with Gasteiger partial charge in [0.25, 0.3) is 10.0 Å². The van der Waals surface area contributed by atoms with Crippen LogP contribution in [0.25, 0.3) is 0 Å². The first-order valence-electron chi connectivity index (χ1n) is 6.24. The van der Waals surface area contributed by atoms with E-state index in [4.69, 9.17) is 0 Å². The number of sulfonamides is 1. The maximum Gasteiger partial charge on any atom is 0.264 e. The molecule has 0 atom stereocenters. The van der Waals surface area contributed by atoms with Gasteiger partial charge in [-0.15, -0.1) is 0 Å². The van der Waals surface area contributed by atoms with Crippen LogP contribution in [0.2, 0.25) is 0 Å². The first-order valence-corrected chi connectivity index (χ1v) is 8.47. The molecule has 0 radical (unpaired) electrons. The Morgan fingerprint density at radius 1 is 1.10 bits per heavy atom. The van der Waals surface area contributed by atoms with E-state index in [1.54, 1.807) is 42.5 Å². The summed E-state index contributed by atoms with van der Waals surface area (Å²) in [4.78, 5) is 11.6. The van der Waals surface area contributed by atoms with E-state index in [-0.39, 0.29) is 17.2 Å². The van der Waals surface area contributed by atoms with E-state index in [9.17, 15) is 13.2 Å². The molecule has 0 aromatic heterocycles. The second-order valence-corrected chi connectivity index (χ2v) is 7.28. The molecule has 0 heterocycles.